The molecule has 138 valence electrons. The molecular weight excluding hydrogens is 343 g/mol. The van der Waals surface area contributed by atoms with E-state index in [0.29, 0.717) is 5.92 Å². The molecule has 5 heteroatoms. The van der Waals surface area contributed by atoms with Crippen LogP contribution in [0.4, 0.5) is 0 Å². The number of benzene rings is 1. The molecular formula is C20H33NaO3S. The van der Waals surface area contributed by atoms with Crippen LogP contribution < -0.4 is 29.6 Å². The molecule has 0 heterocycles. The van der Waals surface area contributed by atoms with Gasteiger partial charge >= 0.3 is 29.6 Å². The average Bonchev–Trinajstić information content (AvgIpc) is 2.56. The van der Waals surface area contributed by atoms with Crippen molar-refractivity contribution in [2.24, 2.45) is 0 Å². The van der Waals surface area contributed by atoms with Gasteiger partial charge in [0.25, 0.3) is 0 Å². The number of unbranched alkanes of at least 4 members (excludes halogenated alkanes) is 7. The third kappa shape index (κ3) is 10.8. The van der Waals surface area contributed by atoms with Crippen molar-refractivity contribution in [2.75, 3.05) is 0 Å². The van der Waals surface area contributed by atoms with E-state index >= 15 is 0 Å². The molecule has 0 saturated carbocycles. The first-order valence-corrected chi connectivity index (χ1v) is 11.0. The molecule has 0 aliphatic carbocycles. The molecule has 1 aromatic carbocycles. The van der Waals surface area contributed by atoms with Crippen LogP contribution >= 0.6 is 0 Å². The van der Waals surface area contributed by atoms with Gasteiger partial charge in [0.05, 0.1) is 4.90 Å². The number of hydrogen-bond donors (Lipinski definition) is 0. The van der Waals surface area contributed by atoms with Gasteiger partial charge in [0.15, 0.2) is 0 Å². The van der Waals surface area contributed by atoms with E-state index in [2.05, 4.69) is 13.8 Å². The van der Waals surface area contributed by atoms with E-state index in [1.54, 1.807) is 0 Å². The van der Waals surface area contributed by atoms with Gasteiger partial charge in [-0.25, -0.2) is 8.42 Å². The quantitative estimate of drug-likeness (QED) is 0.302. The summed E-state index contributed by atoms with van der Waals surface area (Å²) in [4.78, 5) is -0.126. The predicted molar refractivity (Wildman–Crippen MR) is 99.3 cm³/mol. The van der Waals surface area contributed by atoms with Gasteiger partial charge in [-0.1, -0.05) is 83.8 Å². The molecule has 0 aromatic heterocycles. The van der Waals surface area contributed by atoms with Crippen molar-refractivity contribution in [3.63, 3.8) is 0 Å². The van der Waals surface area contributed by atoms with Crippen LogP contribution in [0.1, 0.15) is 96.0 Å². The van der Waals surface area contributed by atoms with E-state index < -0.39 is 10.1 Å². The summed E-state index contributed by atoms with van der Waals surface area (Å²) in [6, 6.07) is 6.60. The second kappa shape index (κ2) is 14.2. The van der Waals surface area contributed by atoms with Crippen molar-refractivity contribution < 1.29 is 42.5 Å². The molecule has 0 amide bonds. The van der Waals surface area contributed by atoms with Gasteiger partial charge in [-0.3, -0.25) is 0 Å². The Morgan fingerprint density at radius 3 is 1.68 bits per heavy atom. The first kappa shape index (κ1) is 25.1. The Balaban J connectivity index is 0.00000576. The minimum atomic E-state index is -4.35. The molecule has 1 atom stereocenters. The second-order valence-electron chi connectivity index (χ2n) is 6.77. The van der Waals surface area contributed by atoms with Crippen molar-refractivity contribution >= 4 is 10.1 Å². The molecule has 1 aromatic rings. The second-order valence-corrected chi connectivity index (χ2v) is 8.15. The standard InChI is InChI=1S/C20H34O3S.Na/c1-3-5-7-9-11-13-18(12-10-8-6-4-2)19-14-16-20(17-15-19)24(21,22)23;/h14-18H,3-13H2,1-2H3,(H,21,22,23);/q;+1/p-1. The van der Waals surface area contributed by atoms with Crippen LogP contribution in [0.25, 0.3) is 0 Å². The topological polar surface area (TPSA) is 57.2 Å². The van der Waals surface area contributed by atoms with Crippen LogP contribution in [0.5, 0.6) is 0 Å². The van der Waals surface area contributed by atoms with E-state index in [1.807, 2.05) is 12.1 Å². The SMILES string of the molecule is CCCCCCCC(CCCCCC)c1ccc(S(=O)(=O)[O-])cc1.[Na+]. The molecule has 0 spiro atoms. The van der Waals surface area contributed by atoms with Crippen molar-refractivity contribution in [3.05, 3.63) is 29.8 Å². The van der Waals surface area contributed by atoms with Crippen molar-refractivity contribution in [2.45, 2.75) is 95.3 Å². The van der Waals surface area contributed by atoms with Gasteiger partial charge in [-0.15, -0.1) is 0 Å². The molecule has 1 unspecified atom stereocenters. The van der Waals surface area contributed by atoms with Gasteiger partial charge in [-0.2, -0.15) is 0 Å². The van der Waals surface area contributed by atoms with E-state index in [4.69, 9.17) is 0 Å². The Morgan fingerprint density at radius 2 is 1.24 bits per heavy atom. The van der Waals surface area contributed by atoms with Gasteiger partial charge in [-0.05, 0) is 36.5 Å². The molecule has 0 saturated heterocycles. The largest absolute Gasteiger partial charge is 1.00 e. The van der Waals surface area contributed by atoms with E-state index in [-0.39, 0.29) is 34.5 Å². The molecule has 25 heavy (non-hydrogen) atoms. The van der Waals surface area contributed by atoms with Crippen LogP contribution in [-0.2, 0) is 10.1 Å². The Hall–Kier alpha value is 0.130. The first-order valence-electron chi connectivity index (χ1n) is 9.54. The molecule has 0 bridgehead atoms. The zero-order valence-corrected chi connectivity index (χ0v) is 19.1. The summed E-state index contributed by atoms with van der Waals surface area (Å²) in [6.45, 7) is 4.44. The molecule has 1 rings (SSSR count). The summed E-state index contributed by atoms with van der Waals surface area (Å²) in [5, 5.41) is 0. The Kier molecular flexibility index (Phi) is 14.3. The van der Waals surface area contributed by atoms with Gasteiger partial charge in [0, 0.05) is 0 Å². The Bertz CT molecular complexity index is 541. The maximum absolute atomic E-state index is 11.1. The minimum absolute atomic E-state index is 0. The molecule has 0 radical (unpaired) electrons. The molecule has 0 N–H and O–H groups in total. The third-order valence-electron chi connectivity index (χ3n) is 4.70. The Morgan fingerprint density at radius 1 is 0.800 bits per heavy atom. The molecule has 3 nitrogen and oxygen atoms in total. The summed E-state index contributed by atoms with van der Waals surface area (Å²) in [5.74, 6) is 0.479. The number of hydrogen-bond acceptors (Lipinski definition) is 3. The van der Waals surface area contributed by atoms with Gasteiger partial charge in [0.2, 0.25) is 0 Å². The fraction of sp³-hybridized carbons (Fsp3) is 0.700. The maximum Gasteiger partial charge on any atom is 1.00 e. The summed E-state index contributed by atoms with van der Waals surface area (Å²) in [5.41, 5.74) is 1.18. The van der Waals surface area contributed by atoms with Crippen molar-refractivity contribution in [3.8, 4) is 0 Å². The minimum Gasteiger partial charge on any atom is -0.744 e. The van der Waals surface area contributed by atoms with Crippen LogP contribution in [0, 0.1) is 0 Å². The zero-order chi connectivity index (χ0) is 17.8. The van der Waals surface area contributed by atoms with Gasteiger partial charge < -0.3 is 4.55 Å². The molecule has 0 aliphatic rings. The first-order chi connectivity index (χ1) is 11.5. The smallest absolute Gasteiger partial charge is 0.744 e. The van der Waals surface area contributed by atoms with Crippen LogP contribution in [0.2, 0.25) is 0 Å². The fourth-order valence-corrected chi connectivity index (χ4v) is 3.67. The normalized spacial score (nSPS) is 12.6. The summed E-state index contributed by atoms with van der Waals surface area (Å²) >= 11 is 0. The third-order valence-corrected chi connectivity index (χ3v) is 5.55. The van der Waals surface area contributed by atoms with Crippen molar-refractivity contribution in [1.82, 2.24) is 0 Å². The number of rotatable bonds is 13. The molecule has 0 fully saturated rings. The van der Waals surface area contributed by atoms with Crippen LogP contribution in [0.3, 0.4) is 0 Å². The molecule has 0 aliphatic heterocycles. The summed E-state index contributed by atoms with van der Waals surface area (Å²) in [6.07, 6.45) is 13.6. The fourth-order valence-electron chi connectivity index (χ4n) is 3.20. The van der Waals surface area contributed by atoms with Gasteiger partial charge in [0.1, 0.15) is 10.1 Å². The predicted octanol–water partition coefficient (Wildman–Crippen LogP) is 3.01. The van der Waals surface area contributed by atoms with Crippen LogP contribution in [0.15, 0.2) is 29.2 Å². The van der Waals surface area contributed by atoms with E-state index in [0.717, 1.165) is 12.8 Å². The summed E-state index contributed by atoms with van der Waals surface area (Å²) in [7, 11) is -4.35. The monoisotopic (exact) mass is 376 g/mol. The van der Waals surface area contributed by atoms with E-state index in [1.165, 1.54) is 75.5 Å². The maximum atomic E-state index is 11.1. The Labute approximate surface area is 177 Å². The average molecular weight is 377 g/mol. The van der Waals surface area contributed by atoms with Crippen molar-refractivity contribution in [1.29, 1.82) is 0 Å². The van der Waals surface area contributed by atoms with Crippen LogP contribution in [-0.4, -0.2) is 13.0 Å². The van der Waals surface area contributed by atoms with E-state index in [9.17, 15) is 13.0 Å². The zero-order valence-electron chi connectivity index (χ0n) is 16.3. The summed E-state index contributed by atoms with van der Waals surface area (Å²) < 4.78 is 33.2.